The summed E-state index contributed by atoms with van der Waals surface area (Å²) in [6.45, 7) is 15.0. The second-order valence-corrected chi connectivity index (χ2v) is 22.2. The Bertz CT molecular complexity index is 3240. The lowest BCUT2D eigenvalue weighted by Gasteiger charge is -2.34. The number of rotatable bonds is 2. The van der Waals surface area contributed by atoms with E-state index in [1.807, 2.05) is 0 Å². The maximum Gasteiger partial charge on any atom is 0.0558 e. The molecular weight excluding hydrogens is 747 g/mol. The molecule has 4 aromatic carbocycles. The van der Waals surface area contributed by atoms with Gasteiger partial charge in [-0.15, -0.1) is 0 Å². The average Bonchev–Trinajstić information content (AvgIpc) is 3.91. The predicted molar refractivity (Wildman–Crippen MR) is 261 cm³/mol. The number of hydrogen-bond acceptors (Lipinski definition) is 1. The first-order valence-electron chi connectivity index (χ1n) is 24.0. The van der Waals surface area contributed by atoms with Gasteiger partial charge in [-0.05, 0) is 208 Å². The molecule has 1 aliphatic heterocycles. The number of allylic oxidation sites excluding steroid dienone is 20. The molecule has 1 N–H and O–H groups in total. The molecule has 3 atom stereocenters. The zero-order valence-electron chi connectivity index (χ0n) is 37.4. The van der Waals surface area contributed by atoms with Crippen molar-refractivity contribution in [3.8, 4) is 0 Å². The van der Waals surface area contributed by atoms with Crippen molar-refractivity contribution >= 4 is 43.5 Å². The van der Waals surface area contributed by atoms with E-state index in [1.54, 1.807) is 66.9 Å². The van der Waals surface area contributed by atoms with Gasteiger partial charge < -0.3 is 5.32 Å². The highest BCUT2D eigenvalue weighted by atomic mass is 15.0. The summed E-state index contributed by atoms with van der Waals surface area (Å²) >= 11 is 0. The molecular formula is C61H57N. The second kappa shape index (κ2) is 12.0. The van der Waals surface area contributed by atoms with Gasteiger partial charge in [-0.2, -0.15) is 0 Å². The Hall–Kier alpha value is -5.40. The molecule has 1 nitrogen and oxygen atoms in total. The molecule has 10 aliphatic rings. The quantitative estimate of drug-likeness (QED) is 0.199. The van der Waals surface area contributed by atoms with Gasteiger partial charge >= 0.3 is 0 Å². The molecule has 3 unspecified atom stereocenters. The van der Waals surface area contributed by atoms with Crippen molar-refractivity contribution in [2.75, 3.05) is 0 Å². The largest absolute Gasteiger partial charge is 0.378 e. The second-order valence-electron chi connectivity index (χ2n) is 22.2. The fourth-order valence-corrected chi connectivity index (χ4v) is 15.0. The van der Waals surface area contributed by atoms with E-state index in [9.17, 15) is 0 Å². The van der Waals surface area contributed by atoms with Gasteiger partial charge in [-0.25, -0.2) is 0 Å². The van der Waals surface area contributed by atoms with Gasteiger partial charge in [-0.1, -0.05) is 139 Å². The van der Waals surface area contributed by atoms with Crippen LogP contribution < -0.4 is 5.32 Å². The maximum absolute atomic E-state index is 4.07. The van der Waals surface area contributed by atoms with Crippen LogP contribution in [0, 0.1) is 28.1 Å². The third-order valence-electron chi connectivity index (χ3n) is 18.3. The van der Waals surface area contributed by atoms with E-state index in [0.29, 0.717) is 17.9 Å². The van der Waals surface area contributed by atoms with E-state index in [1.165, 1.54) is 92.4 Å². The molecule has 1 heterocycles. The highest BCUT2D eigenvalue weighted by molar-refractivity contribution is 6.26. The van der Waals surface area contributed by atoms with Crippen molar-refractivity contribution < 1.29 is 0 Å². The van der Waals surface area contributed by atoms with Crippen LogP contribution in [0.15, 0.2) is 176 Å². The maximum atomic E-state index is 4.07. The van der Waals surface area contributed by atoms with Crippen LogP contribution in [-0.4, -0.2) is 6.04 Å². The van der Waals surface area contributed by atoms with Crippen molar-refractivity contribution in [2.24, 2.45) is 28.1 Å². The fourth-order valence-electron chi connectivity index (χ4n) is 15.0. The van der Waals surface area contributed by atoms with Crippen LogP contribution in [0.3, 0.4) is 0 Å². The molecule has 1 heteroatoms. The van der Waals surface area contributed by atoms with Gasteiger partial charge in [0.2, 0.25) is 0 Å². The molecule has 0 saturated carbocycles. The lowest BCUT2D eigenvalue weighted by molar-refractivity contribution is 0.327. The fraction of sp³-hybridized carbons (Fsp3) is 0.344. The van der Waals surface area contributed by atoms with Crippen LogP contribution in [-0.2, 0) is 0 Å². The Morgan fingerprint density at radius 1 is 0.484 bits per heavy atom. The van der Waals surface area contributed by atoms with Crippen molar-refractivity contribution in [3.05, 3.63) is 187 Å². The molecule has 0 fully saturated rings. The van der Waals surface area contributed by atoms with Gasteiger partial charge in [0, 0.05) is 11.1 Å². The summed E-state index contributed by atoms with van der Waals surface area (Å²) < 4.78 is 0. The van der Waals surface area contributed by atoms with E-state index < -0.39 is 0 Å². The van der Waals surface area contributed by atoms with E-state index in [4.69, 9.17) is 0 Å². The number of benzene rings is 4. The molecule has 0 saturated heterocycles. The summed E-state index contributed by atoms with van der Waals surface area (Å²) in [4.78, 5) is 0. The van der Waals surface area contributed by atoms with Crippen molar-refractivity contribution in [3.63, 3.8) is 0 Å². The van der Waals surface area contributed by atoms with Gasteiger partial charge in [0.15, 0.2) is 0 Å². The first-order valence-corrected chi connectivity index (χ1v) is 24.0. The minimum atomic E-state index is 0.0990. The van der Waals surface area contributed by atoms with Gasteiger partial charge in [0.05, 0.1) is 6.04 Å². The minimum Gasteiger partial charge on any atom is -0.378 e. The molecule has 0 bridgehead atoms. The van der Waals surface area contributed by atoms with Gasteiger partial charge in [-0.3, -0.25) is 0 Å². The Morgan fingerprint density at radius 2 is 1.13 bits per heavy atom. The zero-order chi connectivity index (χ0) is 41.6. The van der Waals surface area contributed by atoms with Crippen LogP contribution in [0.4, 0.5) is 0 Å². The summed E-state index contributed by atoms with van der Waals surface area (Å²) in [5, 5.41) is 12.4. The Morgan fingerprint density at radius 3 is 1.89 bits per heavy atom. The average molecular weight is 804 g/mol. The van der Waals surface area contributed by atoms with Crippen LogP contribution in [0.5, 0.6) is 0 Å². The van der Waals surface area contributed by atoms with Gasteiger partial charge in [0.1, 0.15) is 0 Å². The van der Waals surface area contributed by atoms with E-state index >= 15 is 0 Å². The van der Waals surface area contributed by atoms with Crippen molar-refractivity contribution in [1.29, 1.82) is 0 Å². The summed E-state index contributed by atoms with van der Waals surface area (Å²) in [6, 6.07) is 19.7. The van der Waals surface area contributed by atoms with Crippen LogP contribution in [0.2, 0.25) is 0 Å². The Labute approximate surface area is 367 Å². The first kappa shape index (κ1) is 36.1. The zero-order valence-corrected chi connectivity index (χ0v) is 37.4. The van der Waals surface area contributed by atoms with Crippen LogP contribution in [0.25, 0.3) is 43.5 Å². The van der Waals surface area contributed by atoms with Crippen LogP contribution >= 0.6 is 0 Å². The van der Waals surface area contributed by atoms with Gasteiger partial charge in [0.25, 0.3) is 0 Å². The molecule has 14 rings (SSSR count). The third kappa shape index (κ3) is 4.51. The summed E-state index contributed by atoms with van der Waals surface area (Å²) in [7, 11) is 0. The third-order valence-corrected chi connectivity index (χ3v) is 18.3. The molecule has 0 radical (unpaired) electrons. The highest BCUT2D eigenvalue weighted by Crippen LogP contribution is 2.65. The SMILES string of the molecule is CC1(C)C2=C(CCC=C2)C2=C1C=C1C3=C(C=C(c4ccc5ccc6c(C7=CC=C8C9=C(C=C%10C%11=C(C=CCC%11)C(C)(C)C%10C9)C(C)(C)C8C7)ccc7ccc4c5c76)CC3)NC1C2. The van der Waals surface area contributed by atoms with Crippen molar-refractivity contribution in [1.82, 2.24) is 5.32 Å². The Balaban J connectivity index is 0.826. The van der Waals surface area contributed by atoms with E-state index in [2.05, 4.69) is 150 Å². The van der Waals surface area contributed by atoms with Crippen LogP contribution in [0.1, 0.15) is 110 Å². The lowest BCUT2D eigenvalue weighted by Crippen LogP contribution is -2.27. The standard InChI is InChI=1S/C61H57N/c1-59(2)49-13-9-7-11-39(49)45-29-53-46(30-52(45)59)41-23-19-35(27-51(41)61(53,5)6)37-21-15-33-18-26-44-38(22-16-34-17-25-43(37)57(33)58(34)44)36-20-24-42-48-31-54-47(32-56(48)62-55(42)28-36)40-12-8-10-14-50(40)60(54,3)4/h9-10,13-19,21-23,25-26,28-29,31,51-52,56,62H,7-8,11-12,20,24,27,30,32H2,1-6H3. The molecule has 0 amide bonds. The first-order chi connectivity index (χ1) is 30.0. The summed E-state index contributed by atoms with van der Waals surface area (Å²) in [5.74, 6) is 1.09. The van der Waals surface area contributed by atoms with Crippen molar-refractivity contribution in [2.45, 2.75) is 105 Å². The minimum absolute atomic E-state index is 0.0990. The predicted octanol–water partition coefficient (Wildman–Crippen LogP) is 15.6. The molecule has 4 aromatic rings. The normalized spacial score (nSPS) is 28.3. The smallest absolute Gasteiger partial charge is 0.0558 e. The number of fused-ring (bicyclic) bond motifs is 7. The van der Waals surface area contributed by atoms with E-state index in [0.717, 1.165) is 25.7 Å². The molecule has 62 heavy (non-hydrogen) atoms. The molecule has 0 spiro atoms. The topological polar surface area (TPSA) is 12.0 Å². The highest BCUT2D eigenvalue weighted by Gasteiger charge is 2.52. The summed E-state index contributed by atoms with van der Waals surface area (Å²) in [6.07, 6.45) is 32.9. The molecule has 9 aliphatic carbocycles. The molecule has 0 aromatic heterocycles. The lowest BCUT2D eigenvalue weighted by atomic mass is 9.69. The van der Waals surface area contributed by atoms with E-state index in [-0.39, 0.29) is 16.2 Å². The molecule has 306 valence electrons. The number of nitrogens with one attached hydrogen (secondary N) is 1. The Kier molecular flexibility index (Phi) is 6.98. The number of hydrogen-bond donors (Lipinski definition) is 1. The monoisotopic (exact) mass is 803 g/mol. The summed E-state index contributed by atoms with van der Waals surface area (Å²) in [5.41, 5.74) is 26.9.